The summed E-state index contributed by atoms with van der Waals surface area (Å²) in [7, 11) is 1.75. The number of rotatable bonds is 5. The van der Waals surface area contributed by atoms with Crippen molar-refractivity contribution in [2.75, 3.05) is 20.2 Å². The molecule has 6 nitrogen and oxygen atoms in total. The number of carbonyl (C=O) groups is 2. The van der Waals surface area contributed by atoms with E-state index in [9.17, 15) is 9.59 Å². The first-order valence-corrected chi connectivity index (χ1v) is 8.86. The first-order valence-electron chi connectivity index (χ1n) is 8.86. The molecule has 2 amide bonds. The van der Waals surface area contributed by atoms with Crippen molar-refractivity contribution in [2.45, 2.75) is 44.1 Å². The molecule has 0 saturated carbocycles. The van der Waals surface area contributed by atoms with Gasteiger partial charge in [-0.3, -0.25) is 9.59 Å². The smallest absolute Gasteiger partial charge is 0.240 e. The van der Waals surface area contributed by atoms with E-state index < -0.39 is 0 Å². The molecule has 1 aromatic rings. The van der Waals surface area contributed by atoms with Crippen LogP contribution < -0.4 is 5.43 Å². The summed E-state index contributed by atoms with van der Waals surface area (Å²) in [5.41, 5.74) is 4.26. The summed E-state index contributed by atoms with van der Waals surface area (Å²) in [6, 6.07) is 10.2. The predicted molar refractivity (Wildman–Crippen MR) is 95.0 cm³/mol. The van der Waals surface area contributed by atoms with E-state index in [1.165, 1.54) is 5.56 Å². The fourth-order valence-corrected chi connectivity index (χ4v) is 3.57. The standard InChI is InChI=1S/C19H25N3O3/c1-25-19(15-5-3-2-4-6-15)11-13-22(14-12-19)18(24)10-8-16-7-9-17(23)21-20-16/h2-6H,7-14H2,1H3,(H,21,23). The minimum absolute atomic E-state index is 0.0528. The van der Waals surface area contributed by atoms with Crippen molar-refractivity contribution in [3.8, 4) is 0 Å². The normalized spacial score (nSPS) is 20.0. The Bertz CT molecular complexity index is 649. The number of amides is 2. The lowest BCUT2D eigenvalue weighted by Gasteiger charge is -2.41. The Hall–Kier alpha value is -2.21. The van der Waals surface area contributed by atoms with E-state index in [2.05, 4.69) is 22.7 Å². The highest BCUT2D eigenvalue weighted by Crippen LogP contribution is 2.36. The van der Waals surface area contributed by atoms with Crippen LogP contribution in [0.5, 0.6) is 0 Å². The molecule has 25 heavy (non-hydrogen) atoms. The molecule has 0 radical (unpaired) electrons. The van der Waals surface area contributed by atoms with Crippen molar-refractivity contribution in [1.29, 1.82) is 0 Å². The number of hydrazone groups is 1. The van der Waals surface area contributed by atoms with Crippen LogP contribution in [0.2, 0.25) is 0 Å². The van der Waals surface area contributed by atoms with Crippen molar-refractivity contribution in [1.82, 2.24) is 10.3 Å². The number of nitrogens with zero attached hydrogens (tertiary/aromatic N) is 2. The van der Waals surface area contributed by atoms with Gasteiger partial charge in [-0.1, -0.05) is 30.3 Å². The van der Waals surface area contributed by atoms with Gasteiger partial charge in [0, 0.05) is 38.8 Å². The van der Waals surface area contributed by atoms with Gasteiger partial charge in [-0.15, -0.1) is 0 Å². The molecule has 0 aromatic heterocycles. The Labute approximate surface area is 148 Å². The zero-order valence-electron chi connectivity index (χ0n) is 14.7. The number of benzene rings is 1. The Morgan fingerprint density at radius 3 is 2.56 bits per heavy atom. The second-order valence-electron chi connectivity index (χ2n) is 6.66. The number of hydrogen-bond acceptors (Lipinski definition) is 4. The minimum atomic E-state index is -0.296. The molecule has 0 spiro atoms. The summed E-state index contributed by atoms with van der Waals surface area (Å²) in [6.45, 7) is 1.40. The van der Waals surface area contributed by atoms with E-state index in [4.69, 9.17) is 4.74 Å². The maximum absolute atomic E-state index is 12.5. The highest BCUT2D eigenvalue weighted by atomic mass is 16.5. The second-order valence-corrected chi connectivity index (χ2v) is 6.66. The number of piperidine rings is 1. The highest BCUT2D eigenvalue weighted by Gasteiger charge is 2.37. The van der Waals surface area contributed by atoms with E-state index in [1.807, 2.05) is 23.1 Å². The monoisotopic (exact) mass is 343 g/mol. The molecular weight excluding hydrogens is 318 g/mol. The summed E-state index contributed by atoms with van der Waals surface area (Å²) in [5, 5.41) is 4.03. The Morgan fingerprint density at radius 1 is 1.24 bits per heavy atom. The molecule has 0 bridgehead atoms. The number of nitrogens with one attached hydrogen (secondary N) is 1. The Morgan fingerprint density at radius 2 is 1.96 bits per heavy atom. The highest BCUT2D eigenvalue weighted by molar-refractivity contribution is 5.94. The van der Waals surface area contributed by atoms with E-state index in [0.717, 1.165) is 18.6 Å². The predicted octanol–water partition coefficient (Wildman–Crippen LogP) is 2.20. The van der Waals surface area contributed by atoms with Crippen LogP contribution in [0.1, 0.15) is 44.1 Å². The molecule has 134 valence electrons. The molecule has 0 unspecified atom stereocenters. The topological polar surface area (TPSA) is 71.0 Å². The molecule has 1 N–H and O–H groups in total. The molecule has 1 aromatic carbocycles. The molecule has 2 aliphatic heterocycles. The zero-order chi connectivity index (χ0) is 17.7. The van der Waals surface area contributed by atoms with Crippen LogP contribution in [-0.2, 0) is 19.9 Å². The van der Waals surface area contributed by atoms with Gasteiger partial charge in [-0.2, -0.15) is 5.10 Å². The van der Waals surface area contributed by atoms with E-state index in [0.29, 0.717) is 38.8 Å². The summed E-state index contributed by atoms with van der Waals surface area (Å²) in [4.78, 5) is 25.5. The van der Waals surface area contributed by atoms with Gasteiger partial charge >= 0.3 is 0 Å². The van der Waals surface area contributed by atoms with Crippen LogP contribution in [0.25, 0.3) is 0 Å². The second kappa shape index (κ2) is 7.78. The average Bonchev–Trinajstić information content (AvgIpc) is 2.68. The maximum atomic E-state index is 12.5. The molecule has 0 aliphatic carbocycles. The van der Waals surface area contributed by atoms with Crippen molar-refractivity contribution >= 4 is 17.5 Å². The van der Waals surface area contributed by atoms with Crippen LogP contribution in [0.3, 0.4) is 0 Å². The third-order valence-corrected chi connectivity index (χ3v) is 5.22. The summed E-state index contributed by atoms with van der Waals surface area (Å²) >= 11 is 0. The third kappa shape index (κ3) is 4.07. The van der Waals surface area contributed by atoms with Crippen LogP contribution in [0, 0.1) is 0 Å². The van der Waals surface area contributed by atoms with E-state index in [-0.39, 0.29) is 17.4 Å². The number of methoxy groups -OCH3 is 1. The lowest BCUT2D eigenvalue weighted by molar-refractivity contribution is -0.137. The van der Waals surface area contributed by atoms with Crippen molar-refractivity contribution < 1.29 is 14.3 Å². The number of ether oxygens (including phenoxy) is 1. The SMILES string of the molecule is COC1(c2ccccc2)CCN(C(=O)CCC2=NNC(=O)CC2)CC1. The largest absolute Gasteiger partial charge is 0.373 e. The molecule has 6 heteroatoms. The lowest BCUT2D eigenvalue weighted by atomic mass is 9.84. The Balaban J connectivity index is 1.53. The van der Waals surface area contributed by atoms with Gasteiger partial charge in [0.15, 0.2) is 0 Å². The molecular formula is C19H25N3O3. The van der Waals surface area contributed by atoms with Gasteiger partial charge in [-0.25, -0.2) is 5.43 Å². The van der Waals surface area contributed by atoms with Crippen molar-refractivity contribution in [3.05, 3.63) is 35.9 Å². The molecule has 2 heterocycles. The first-order chi connectivity index (χ1) is 12.1. The lowest BCUT2D eigenvalue weighted by Crippen LogP contribution is -2.46. The summed E-state index contributed by atoms with van der Waals surface area (Å²) in [5.74, 6) is 0.0975. The number of likely N-dealkylation sites (tertiary alicyclic amines) is 1. The van der Waals surface area contributed by atoms with Gasteiger partial charge in [0.25, 0.3) is 0 Å². The van der Waals surface area contributed by atoms with Crippen LogP contribution in [-0.4, -0.2) is 42.6 Å². The molecule has 1 saturated heterocycles. The van der Waals surface area contributed by atoms with Crippen molar-refractivity contribution in [2.24, 2.45) is 5.10 Å². The molecule has 0 atom stereocenters. The quantitative estimate of drug-likeness (QED) is 0.891. The third-order valence-electron chi connectivity index (χ3n) is 5.22. The molecule has 1 fully saturated rings. The maximum Gasteiger partial charge on any atom is 0.240 e. The molecule has 3 rings (SSSR count). The van der Waals surface area contributed by atoms with E-state index >= 15 is 0 Å². The number of carbonyl (C=O) groups excluding carboxylic acids is 2. The number of hydrogen-bond donors (Lipinski definition) is 1. The van der Waals surface area contributed by atoms with Gasteiger partial charge in [-0.05, 0) is 31.2 Å². The fraction of sp³-hybridized carbons (Fsp3) is 0.526. The van der Waals surface area contributed by atoms with Gasteiger partial charge < -0.3 is 9.64 Å². The zero-order valence-corrected chi connectivity index (χ0v) is 14.7. The van der Waals surface area contributed by atoms with E-state index in [1.54, 1.807) is 7.11 Å². The van der Waals surface area contributed by atoms with Gasteiger partial charge in [0.2, 0.25) is 11.8 Å². The van der Waals surface area contributed by atoms with Crippen LogP contribution >= 0.6 is 0 Å². The fourth-order valence-electron chi connectivity index (χ4n) is 3.57. The van der Waals surface area contributed by atoms with Gasteiger partial charge in [0.05, 0.1) is 5.60 Å². The van der Waals surface area contributed by atoms with Crippen LogP contribution in [0.15, 0.2) is 35.4 Å². The summed E-state index contributed by atoms with van der Waals surface area (Å²) < 4.78 is 5.86. The first kappa shape index (κ1) is 17.6. The van der Waals surface area contributed by atoms with Crippen LogP contribution in [0.4, 0.5) is 0 Å². The average molecular weight is 343 g/mol. The minimum Gasteiger partial charge on any atom is -0.373 e. The Kier molecular flexibility index (Phi) is 5.48. The van der Waals surface area contributed by atoms with Crippen molar-refractivity contribution in [3.63, 3.8) is 0 Å². The van der Waals surface area contributed by atoms with Gasteiger partial charge in [0.1, 0.15) is 0 Å². The summed E-state index contributed by atoms with van der Waals surface area (Å²) in [6.07, 6.45) is 3.78. The molecule has 2 aliphatic rings.